The molecule has 1 saturated carbocycles. The number of H-pyrrole nitrogens is 1. The first kappa shape index (κ1) is 12.5. The lowest BCUT2D eigenvalue weighted by molar-refractivity contribution is 0.250. The van der Waals surface area contributed by atoms with E-state index in [1.165, 1.54) is 4.31 Å². The Morgan fingerprint density at radius 3 is 2.74 bits per heavy atom. The zero-order valence-electron chi connectivity index (χ0n) is 10.8. The van der Waals surface area contributed by atoms with Gasteiger partial charge in [-0.2, -0.15) is 4.31 Å². The van der Waals surface area contributed by atoms with Crippen LogP contribution in [0.15, 0.2) is 29.3 Å². The molecule has 0 aliphatic heterocycles. The number of nitrogens with one attached hydrogen (secondary N) is 1. The van der Waals surface area contributed by atoms with Crippen LogP contribution in [0.3, 0.4) is 0 Å². The molecule has 0 amide bonds. The van der Waals surface area contributed by atoms with E-state index in [4.69, 9.17) is 5.73 Å². The number of rotatable bonds is 3. The number of nitrogens with zero attached hydrogens (tertiary/aromatic N) is 1. The lowest BCUT2D eigenvalue weighted by Gasteiger charge is -2.33. The van der Waals surface area contributed by atoms with Crippen molar-refractivity contribution in [2.45, 2.75) is 30.2 Å². The minimum Gasteiger partial charge on any atom is -0.399 e. The van der Waals surface area contributed by atoms with E-state index in [0.29, 0.717) is 16.0 Å². The second-order valence-electron chi connectivity index (χ2n) is 5.06. The van der Waals surface area contributed by atoms with E-state index in [1.54, 1.807) is 31.4 Å². The Kier molecular flexibility index (Phi) is 2.79. The SMILES string of the molecule is CN(C1CCC1)S(=O)(=O)c1c[nH]c2cc(N)ccc12. The summed E-state index contributed by atoms with van der Waals surface area (Å²) in [6, 6.07) is 5.36. The lowest BCUT2D eigenvalue weighted by atomic mass is 9.94. The molecule has 6 heteroatoms. The predicted octanol–water partition coefficient (Wildman–Crippen LogP) is 1.92. The largest absolute Gasteiger partial charge is 0.399 e. The van der Waals surface area contributed by atoms with Crippen molar-refractivity contribution < 1.29 is 8.42 Å². The van der Waals surface area contributed by atoms with E-state index in [2.05, 4.69) is 4.98 Å². The molecule has 1 fully saturated rings. The Morgan fingerprint density at radius 1 is 1.37 bits per heavy atom. The summed E-state index contributed by atoms with van der Waals surface area (Å²) in [4.78, 5) is 3.31. The normalized spacial score (nSPS) is 16.9. The zero-order chi connectivity index (χ0) is 13.6. The average Bonchev–Trinajstić information content (AvgIpc) is 2.69. The molecule has 2 aromatic rings. The van der Waals surface area contributed by atoms with Crippen LogP contribution in [0.1, 0.15) is 19.3 Å². The van der Waals surface area contributed by atoms with Gasteiger partial charge in [0.2, 0.25) is 10.0 Å². The Morgan fingerprint density at radius 2 is 2.11 bits per heavy atom. The van der Waals surface area contributed by atoms with Crippen molar-refractivity contribution in [1.29, 1.82) is 0 Å². The van der Waals surface area contributed by atoms with Gasteiger partial charge in [0, 0.05) is 35.9 Å². The third-order valence-electron chi connectivity index (χ3n) is 3.91. The van der Waals surface area contributed by atoms with Gasteiger partial charge in [-0.25, -0.2) is 8.42 Å². The molecule has 1 aromatic carbocycles. The molecule has 1 aliphatic rings. The third kappa shape index (κ3) is 1.91. The van der Waals surface area contributed by atoms with Gasteiger partial charge in [-0.05, 0) is 31.0 Å². The predicted molar refractivity (Wildman–Crippen MR) is 75.3 cm³/mol. The topological polar surface area (TPSA) is 79.2 Å². The average molecular weight is 279 g/mol. The van der Waals surface area contributed by atoms with Crippen molar-refractivity contribution in [3.05, 3.63) is 24.4 Å². The first-order valence-corrected chi connectivity index (χ1v) is 7.79. The highest BCUT2D eigenvalue weighted by Gasteiger charge is 2.33. The van der Waals surface area contributed by atoms with E-state index >= 15 is 0 Å². The van der Waals surface area contributed by atoms with E-state index in [-0.39, 0.29) is 6.04 Å². The standard InChI is InChI=1S/C13H17N3O2S/c1-16(10-3-2-4-10)19(17,18)13-8-15-12-7-9(14)5-6-11(12)13/h5-8,10,15H,2-4,14H2,1H3. The van der Waals surface area contributed by atoms with Gasteiger partial charge in [0.25, 0.3) is 0 Å². The maximum Gasteiger partial charge on any atom is 0.245 e. The molecule has 102 valence electrons. The van der Waals surface area contributed by atoms with Crippen LogP contribution in [0.25, 0.3) is 10.9 Å². The van der Waals surface area contributed by atoms with Crippen LogP contribution in [-0.2, 0) is 10.0 Å². The Hall–Kier alpha value is -1.53. The van der Waals surface area contributed by atoms with Crippen LogP contribution in [-0.4, -0.2) is 30.8 Å². The van der Waals surface area contributed by atoms with Gasteiger partial charge < -0.3 is 10.7 Å². The van der Waals surface area contributed by atoms with Crippen molar-refractivity contribution in [1.82, 2.24) is 9.29 Å². The number of anilines is 1. The lowest BCUT2D eigenvalue weighted by Crippen LogP contribution is -2.41. The van der Waals surface area contributed by atoms with Crippen molar-refractivity contribution in [3.8, 4) is 0 Å². The highest BCUT2D eigenvalue weighted by Crippen LogP contribution is 2.31. The van der Waals surface area contributed by atoms with Crippen molar-refractivity contribution in [3.63, 3.8) is 0 Å². The molecule has 0 spiro atoms. The minimum atomic E-state index is -3.43. The first-order valence-electron chi connectivity index (χ1n) is 6.35. The maximum atomic E-state index is 12.6. The molecule has 3 N–H and O–H groups in total. The second-order valence-corrected chi connectivity index (χ2v) is 7.03. The summed E-state index contributed by atoms with van der Waals surface area (Å²) in [5, 5.41) is 0.695. The molecule has 19 heavy (non-hydrogen) atoms. The molecule has 1 heterocycles. The minimum absolute atomic E-state index is 0.142. The zero-order valence-corrected chi connectivity index (χ0v) is 11.6. The highest BCUT2D eigenvalue weighted by molar-refractivity contribution is 7.89. The number of hydrogen-bond donors (Lipinski definition) is 2. The number of hydrogen-bond acceptors (Lipinski definition) is 3. The molecular formula is C13H17N3O2S. The van der Waals surface area contributed by atoms with Crippen LogP contribution in [0.5, 0.6) is 0 Å². The van der Waals surface area contributed by atoms with Gasteiger partial charge in [0.1, 0.15) is 4.90 Å². The molecule has 0 saturated heterocycles. The van der Waals surface area contributed by atoms with E-state index in [9.17, 15) is 8.42 Å². The monoisotopic (exact) mass is 279 g/mol. The Balaban J connectivity index is 2.08. The fourth-order valence-electron chi connectivity index (χ4n) is 2.43. The molecule has 3 rings (SSSR count). The van der Waals surface area contributed by atoms with Gasteiger partial charge >= 0.3 is 0 Å². The Labute approximate surface area is 112 Å². The molecule has 0 atom stereocenters. The maximum absolute atomic E-state index is 12.6. The Bertz CT molecular complexity index is 717. The number of benzene rings is 1. The second kappa shape index (κ2) is 4.25. The van der Waals surface area contributed by atoms with Crippen LogP contribution in [0.2, 0.25) is 0 Å². The van der Waals surface area contributed by atoms with Crippen LogP contribution in [0, 0.1) is 0 Å². The summed E-state index contributed by atoms with van der Waals surface area (Å²) in [6.07, 6.45) is 4.56. The summed E-state index contributed by atoms with van der Waals surface area (Å²) >= 11 is 0. The van der Waals surface area contributed by atoms with Crippen molar-refractivity contribution in [2.24, 2.45) is 0 Å². The summed E-state index contributed by atoms with van der Waals surface area (Å²) in [7, 11) is -1.77. The van der Waals surface area contributed by atoms with Gasteiger partial charge in [0.05, 0.1) is 0 Å². The molecule has 1 aliphatic carbocycles. The molecule has 1 aromatic heterocycles. The molecular weight excluding hydrogens is 262 g/mol. The number of aromatic amines is 1. The van der Waals surface area contributed by atoms with E-state index in [1.807, 2.05) is 0 Å². The summed E-state index contributed by atoms with van der Waals surface area (Å²) in [6.45, 7) is 0. The van der Waals surface area contributed by atoms with E-state index in [0.717, 1.165) is 24.8 Å². The van der Waals surface area contributed by atoms with Crippen LogP contribution < -0.4 is 5.73 Å². The van der Waals surface area contributed by atoms with Gasteiger partial charge in [0.15, 0.2) is 0 Å². The molecule has 5 nitrogen and oxygen atoms in total. The summed E-state index contributed by atoms with van der Waals surface area (Å²) in [5.74, 6) is 0. The summed E-state index contributed by atoms with van der Waals surface area (Å²) < 4.78 is 26.7. The number of fused-ring (bicyclic) bond motifs is 1. The van der Waals surface area contributed by atoms with Crippen molar-refractivity contribution in [2.75, 3.05) is 12.8 Å². The molecule has 0 unspecified atom stereocenters. The smallest absolute Gasteiger partial charge is 0.245 e. The van der Waals surface area contributed by atoms with Gasteiger partial charge in [-0.1, -0.05) is 6.42 Å². The first-order chi connectivity index (χ1) is 9.00. The molecule has 0 bridgehead atoms. The number of sulfonamides is 1. The van der Waals surface area contributed by atoms with E-state index < -0.39 is 10.0 Å². The highest BCUT2D eigenvalue weighted by atomic mass is 32.2. The molecule has 0 radical (unpaired) electrons. The fraction of sp³-hybridized carbons (Fsp3) is 0.385. The quantitative estimate of drug-likeness (QED) is 0.842. The van der Waals surface area contributed by atoms with Gasteiger partial charge in [-0.15, -0.1) is 0 Å². The fourth-order valence-corrected chi connectivity index (χ4v) is 4.01. The third-order valence-corrected chi connectivity index (χ3v) is 5.86. The number of nitrogens with two attached hydrogens (primary N) is 1. The number of nitrogen functional groups attached to an aromatic ring is 1. The van der Waals surface area contributed by atoms with Crippen LogP contribution in [0.4, 0.5) is 5.69 Å². The van der Waals surface area contributed by atoms with Gasteiger partial charge in [-0.3, -0.25) is 0 Å². The van der Waals surface area contributed by atoms with Crippen molar-refractivity contribution >= 4 is 26.6 Å². The number of aromatic nitrogens is 1. The van der Waals surface area contributed by atoms with Crippen LogP contribution >= 0.6 is 0 Å². The summed E-state index contributed by atoms with van der Waals surface area (Å²) in [5.41, 5.74) is 7.07.